The molecule has 7 heteroatoms. The van der Waals surface area contributed by atoms with Crippen LogP contribution in [-0.4, -0.2) is 67.9 Å². The van der Waals surface area contributed by atoms with Crippen LogP contribution in [0.2, 0.25) is 5.02 Å². The van der Waals surface area contributed by atoms with Crippen molar-refractivity contribution < 1.29 is 9.59 Å². The van der Waals surface area contributed by atoms with Crippen molar-refractivity contribution in [3.8, 4) is 0 Å². The van der Waals surface area contributed by atoms with E-state index in [9.17, 15) is 9.59 Å². The van der Waals surface area contributed by atoms with E-state index in [-0.39, 0.29) is 18.4 Å². The van der Waals surface area contributed by atoms with E-state index in [4.69, 9.17) is 11.6 Å². The highest BCUT2D eigenvalue weighted by Crippen LogP contribution is 2.30. The second-order valence-electron chi connectivity index (χ2n) is 7.13. The molecule has 0 unspecified atom stereocenters. The van der Waals surface area contributed by atoms with Gasteiger partial charge in [-0.25, -0.2) is 0 Å². The molecular weight excluding hydrogens is 352 g/mol. The van der Waals surface area contributed by atoms with Crippen LogP contribution >= 0.6 is 11.6 Å². The number of carbonyl (C=O) groups excluding carboxylic acids is 2. The first-order chi connectivity index (χ1) is 12.5. The summed E-state index contributed by atoms with van der Waals surface area (Å²) in [4.78, 5) is 30.9. The third-order valence-electron chi connectivity index (χ3n) is 5.08. The van der Waals surface area contributed by atoms with Crippen LogP contribution in [0, 0.1) is 0 Å². The van der Waals surface area contributed by atoms with E-state index in [0.717, 1.165) is 51.1 Å². The van der Waals surface area contributed by atoms with Gasteiger partial charge in [0.05, 0.1) is 17.9 Å². The molecule has 26 heavy (non-hydrogen) atoms. The second kappa shape index (κ2) is 8.73. The lowest BCUT2D eigenvalue weighted by atomic mass is 10.2. The van der Waals surface area contributed by atoms with Crippen LogP contribution in [0.3, 0.4) is 0 Å². The van der Waals surface area contributed by atoms with Gasteiger partial charge in [-0.1, -0.05) is 18.0 Å². The van der Waals surface area contributed by atoms with E-state index in [1.165, 1.54) is 0 Å². The molecule has 3 rings (SSSR count). The number of nitrogens with one attached hydrogen (secondary N) is 1. The average Bonchev–Trinajstić information content (AvgIpc) is 2.81. The van der Waals surface area contributed by atoms with Crippen molar-refractivity contribution in [2.24, 2.45) is 0 Å². The first-order valence-electron chi connectivity index (χ1n) is 9.33. The molecule has 0 bridgehead atoms. The lowest BCUT2D eigenvalue weighted by molar-refractivity contribution is -0.134. The maximum Gasteiger partial charge on any atom is 0.244 e. The van der Waals surface area contributed by atoms with Crippen LogP contribution in [0.4, 0.5) is 11.4 Å². The average molecular weight is 379 g/mol. The molecular formula is C19H27ClN4O2. The van der Waals surface area contributed by atoms with Crippen molar-refractivity contribution >= 4 is 34.8 Å². The van der Waals surface area contributed by atoms with Gasteiger partial charge in [0.1, 0.15) is 0 Å². The zero-order valence-corrected chi connectivity index (χ0v) is 16.1. The fourth-order valence-electron chi connectivity index (χ4n) is 3.50. The molecule has 2 aliphatic rings. The predicted molar refractivity (Wildman–Crippen MR) is 105 cm³/mol. The second-order valence-corrected chi connectivity index (χ2v) is 7.56. The van der Waals surface area contributed by atoms with Crippen LogP contribution in [0.25, 0.3) is 0 Å². The van der Waals surface area contributed by atoms with Gasteiger partial charge in [0, 0.05) is 44.2 Å². The Morgan fingerprint density at radius 3 is 2.65 bits per heavy atom. The largest absolute Gasteiger partial charge is 0.367 e. The molecule has 2 amide bonds. The lowest BCUT2D eigenvalue weighted by Gasteiger charge is -2.35. The van der Waals surface area contributed by atoms with Crippen molar-refractivity contribution in [3.63, 3.8) is 0 Å². The normalized spacial score (nSPS) is 19.4. The number of carbonyl (C=O) groups is 2. The zero-order valence-electron chi connectivity index (χ0n) is 15.3. The molecule has 0 saturated carbocycles. The Bertz CT molecular complexity index is 659. The van der Waals surface area contributed by atoms with Crippen molar-refractivity contribution in [1.29, 1.82) is 0 Å². The van der Waals surface area contributed by atoms with Gasteiger partial charge in [0.2, 0.25) is 11.8 Å². The quantitative estimate of drug-likeness (QED) is 0.874. The van der Waals surface area contributed by atoms with Crippen molar-refractivity contribution in [3.05, 3.63) is 23.2 Å². The summed E-state index contributed by atoms with van der Waals surface area (Å²) >= 11 is 6.16. The third kappa shape index (κ3) is 4.89. The third-order valence-corrected chi connectivity index (χ3v) is 5.32. The van der Waals surface area contributed by atoms with Crippen LogP contribution in [-0.2, 0) is 9.59 Å². The van der Waals surface area contributed by atoms with Crippen LogP contribution < -0.4 is 10.2 Å². The predicted octanol–water partition coefficient (Wildman–Crippen LogP) is 2.43. The number of piperazine rings is 1. The molecule has 2 heterocycles. The summed E-state index contributed by atoms with van der Waals surface area (Å²) in [5.74, 6) is -0.0964. The summed E-state index contributed by atoms with van der Waals surface area (Å²) in [5, 5.41) is 3.56. The molecule has 6 nitrogen and oxygen atoms in total. The van der Waals surface area contributed by atoms with Gasteiger partial charge in [-0.05, 0) is 38.1 Å². The Balaban J connectivity index is 1.69. The molecule has 0 aliphatic carbocycles. The summed E-state index contributed by atoms with van der Waals surface area (Å²) in [6.07, 6.45) is 3.46. The molecule has 1 N–H and O–H groups in total. The summed E-state index contributed by atoms with van der Waals surface area (Å²) in [6.45, 7) is 4.55. The van der Waals surface area contributed by atoms with Gasteiger partial charge in [0.25, 0.3) is 0 Å². The fourth-order valence-corrected chi connectivity index (χ4v) is 3.67. The van der Waals surface area contributed by atoms with Gasteiger partial charge < -0.3 is 20.0 Å². The number of hydrogen-bond acceptors (Lipinski definition) is 4. The van der Waals surface area contributed by atoms with Gasteiger partial charge in [-0.15, -0.1) is 0 Å². The Kier molecular flexibility index (Phi) is 6.38. The van der Waals surface area contributed by atoms with E-state index in [1.54, 1.807) is 11.0 Å². The highest BCUT2D eigenvalue weighted by atomic mass is 35.5. The number of rotatable bonds is 4. The molecule has 2 aliphatic heterocycles. The first kappa shape index (κ1) is 19.0. The minimum atomic E-state index is -0.169. The number of likely N-dealkylation sites (N-methyl/N-ethyl adjacent to an activating group) is 1. The molecule has 0 radical (unpaired) electrons. The van der Waals surface area contributed by atoms with Gasteiger partial charge in [0.15, 0.2) is 0 Å². The number of benzene rings is 1. The zero-order chi connectivity index (χ0) is 18.5. The Morgan fingerprint density at radius 2 is 1.88 bits per heavy atom. The van der Waals surface area contributed by atoms with Gasteiger partial charge >= 0.3 is 0 Å². The Labute approximate surface area is 160 Å². The van der Waals surface area contributed by atoms with E-state index < -0.39 is 0 Å². The number of amides is 2. The number of halogens is 1. The smallest absolute Gasteiger partial charge is 0.244 e. The molecule has 1 aromatic rings. The molecule has 2 saturated heterocycles. The first-order valence-corrected chi connectivity index (χ1v) is 9.71. The number of nitrogens with zero attached hydrogens (tertiary/aromatic N) is 3. The molecule has 1 aromatic carbocycles. The molecule has 0 atom stereocenters. The van der Waals surface area contributed by atoms with Crippen molar-refractivity contribution in [1.82, 2.24) is 9.80 Å². The van der Waals surface area contributed by atoms with Crippen LogP contribution in [0.1, 0.15) is 25.7 Å². The summed E-state index contributed by atoms with van der Waals surface area (Å²) in [6, 6.07) is 5.60. The van der Waals surface area contributed by atoms with Crippen LogP contribution in [0.5, 0.6) is 0 Å². The summed E-state index contributed by atoms with van der Waals surface area (Å²) in [5.41, 5.74) is 1.70. The molecule has 142 valence electrons. The van der Waals surface area contributed by atoms with Crippen molar-refractivity contribution in [2.45, 2.75) is 25.7 Å². The van der Waals surface area contributed by atoms with E-state index in [0.29, 0.717) is 23.7 Å². The number of anilines is 2. The molecule has 0 spiro atoms. The monoisotopic (exact) mass is 378 g/mol. The molecule has 2 fully saturated rings. The highest BCUT2D eigenvalue weighted by Gasteiger charge is 2.21. The van der Waals surface area contributed by atoms with Gasteiger partial charge in [-0.2, -0.15) is 0 Å². The topological polar surface area (TPSA) is 55.9 Å². The number of hydrogen-bond donors (Lipinski definition) is 1. The van der Waals surface area contributed by atoms with Crippen molar-refractivity contribution in [2.75, 3.05) is 56.5 Å². The highest BCUT2D eigenvalue weighted by molar-refractivity contribution is 6.31. The summed E-state index contributed by atoms with van der Waals surface area (Å²) < 4.78 is 0. The Hall–Kier alpha value is -1.79. The maximum atomic E-state index is 12.6. The standard InChI is InChI=1S/C19H27ClN4O2/c1-22-9-11-23(12-10-22)17-7-6-15(20)13-16(17)21-18(25)14-24-8-4-2-3-5-19(24)26/h6-7,13H,2-5,8-12,14H2,1H3,(H,21,25). The molecule has 0 aromatic heterocycles. The van der Waals surface area contributed by atoms with E-state index >= 15 is 0 Å². The SMILES string of the molecule is CN1CCN(c2ccc(Cl)cc2NC(=O)CN2CCCCCC2=O)CC1. The Morgan fingerprint density at radius 1 is 1.12 bits per heavy atom. The van der Waals surface area contributed by atoms with Crippen LogP contribution in [0.15, 0.2) is 18.2 Å². The van der Waals surface area contributed by atoms with Gasteiger partial charge in [-0.3, -0.25) is 9.59 Å². The summed E-state index contributed by atoms with van der Waals surface area (Å²) in [7, 11) is 2.11. The van der Waals surface area contributed by atoms with E-state index in [1.807, 2.05) is 12.1 Å². The lowest BCUT2D eigenvalue weighted by Crippen LogP contribution is -2.45. The minimum absolute atomic E-state index is 0.0723. The minimum Gasteiger partial charge on any atom is -0.367 e. The fraction of sp³-hybridized carbons (Fsp3) is 0.579. The number of likely N-dealkylation sites (tertiary alicyclic amines) is 1. The maximum absolute atomic E-state index is 12.6. The van der Waals surface area contributed by atoms with E-state index in [2.05, 4.69) is 22.2 Å².